The van der Waals surface area contributed by atoms with Crippen molar-refractivity contribution in [1.29, 1.82) is 0 Å². The van der Waals surface area contributed by atoms with Gasteiger partial charge in [0.1, 0.15) is 24.7 Å². The molecule has 1 aliphatic rings. The number of ether oxygens (including phenoxy) is 3. The van der Waals surface area contributed by atoms with Crippen molar-refractivity contribution in [2.75, 3.05) is 33.4 Å². The van der Waals surface area contributed by atoms with Crippen molar-refractivity contribution in [2.24, 2.45) is 5.73 Å². The quantitative estimate of drug-likeness (QED) is 0.458. The number of benzene rings is 2. The summed E-state index contributed by atoms with van der Waals surface area (Å²) in [6.45, 7) is 1.11. The van der Waals surface area contributed by atoms with Gasteiger partial charge in [0, 0.05) is 13.1 Å². The summed E-state index contributed by atoms with van der Waals surface area (Å²) < 4.78 is 42.6. The largest absolute Gasteiger partial charge is 0.490 e. The van der Waals surface area contributed by atoms with Crippen LogP contribution in [0.3, 0.4) is 0 Å². The summed E-state index contributed by atoms with van der Waals surface area (Å²) in [7, 11) is -2.39. The van der Waals surface area contributed by atoms with Crippen LogP contribution in [0.15, 0.2) is 47.4 Å². The fourth-order valence-electron chi connectivity index (χ4n) is 3.21. The molecule has 0 spiro atoms. The minimum Gasteiger partial charge on any atom is -0.490 e. The number of carbonyl (C=O) groups is 2. The third kappa shape index (κ3) is 5.33. The van der Waals surface area contributed by atoms with Gasteiger partial charge < -0.3 is 19.9 Å². The lowest BCUT2D eigenvalue weighted by molar-refractivity contribution is 0.0600. The summed E-state index contributed by atoms with van der Waals surface area (Å²) in [4.78, 5) is 23.4. The number of amides is 1. The summed E-state index contributed by atoms with van der Waals surface area (Å²) in [5.41, 5.74) is 5.76. The summed E-state index contributed by atoms with van der Waals surface area (Å²) in [6, 6.07) is 10.5. The molecule has 3 rings (SSSR count). The molecule has 166 valence electrons. The first-order valence-electron chi connectivity index (χ1n) is 9.71. The fraction of sp³-hybridized carbons (Fsp3) is 0.333. The first kappa shape index (κ1) is 22.6. The van der Waals surface area contributed by atoms with Crippen molar-refractivity contribution >= 4 is 21.9 Å². The van der Waals surface area contributed by atoms with E-state index in [9.17, 15) is 18.0 Å². The molecule has 1 aliphatic heterocycles. The Kier molecular flexibility index (Phi) is 7.13. The van der Waals surface area contributed by atoms with Crippen molar-refractivity contribution in [3.63, 3.8) is 0 Å². The second kappa shape index (κ2) is 9.80. The predicted molar refractivity (Wildman–Crippen MR) is 112 cm³/mol. The van der Waals surface area contributed by atoms with Crippen LogP contribution in [0.1, 0.15) is 33.6 Å². The normalized spacial score (nSPS) is 14.2. The first-order chi connectivity index (χ1) is 14.8. The van der Waals surface area contributed by atoms with E-state index in [0.717, 1.165) is 12.8 Å². The van der Waals surface area contributed by atoms with Crippen molar-refractivity contribution in [1.82, 2.24) is 4.31 Å². The van der Waals surface area contributed by atoms with Crippen LogP contribution in [0.4, 0.5) is 0 Å². The zero-order valence-electron chi connectivity index (χ0n) is 17.1. The molecule has 0 bridgehead atoms. The van der Waals surface area contributed by atoms with Gasteiger partial charge in [0.2, 0.25) is 10.0 Å². The number of hydrogen-bond acceptors (Lipinski definition) is 7. The van der Waals surface area contributed by atoms with E-state index in [0.29, 0.717) is 24.4 Å². The Morgan fingerprint density at radius 2 is 1.74 bits per heavy atom. The van der Waals surface area contributed by atoms with E-state index in [2.05, 4.69) is 4.74 Å². The van der Waals surface area contributed by atoms with Gasteiger partial charge in [0.05, 0.1) is 23.1 Å². The number of sulfonamides is 1. The summed E-state index contributed by atoms with van der Waals surface area (Å²) in [5.74, 6) is -0.648. The molecule has 0 atom stereocenters. The minimum absolute atomic E-state index is 0.00595. The molecule has 1 amide bonds. The van der Waals surface area contributed by atoms with Crippen LogP contribution in [0, 0.1) is 0 Å². The van der Waals surface area contributed by atoms with Gasteiger partial charge in [-0.2, -0.15) is 4.31 Å². The highest BCUT2D eigenvalue weighted by atomic mass is 32.2. The summed E-state index contributed by atoms with van der Waals surface area (Å²) >= 11 is 0. The third-order valence-corrected chi connectivity index (χ3v) is 6.68. The SMILES string of the molecule is COC(=O)c1cccc(OCCOc2ccc(S(=O)(=O)N3CCCC3)cc2C(N)=O)c1. The molecule has 1 saturated heterocycles. The Labute approximate surface area is 180 Å². The number of hydrogen-bond donors (Lipinski definition) is 1. The maximum absolute atomic E-state index is 12.7. The number of nitrogens with zero attached hydrogens (tertiary/aromatic N) is 1. The van der Waals surface area contributed by atoms with Crippen LogP contribution in [0.5, 0.6) is 11.5 Å². The highest BCUT2D eigenvalue weighted by molar-refractivity contribution is 7.89. The minimum atomic E-state index is -3.68. The highest BCUT2D eigenvalue weighted by Gasteiger charge is 2.28. The first-order valence-corrected chi connectivity index (χ1v) is 11.1. The maximum Gasteiger partial charge on any atom is 0.337 e. The molecule has 0 radical (unpaired) electrons. The van der Waals surface area contributed by atoms with Gasteiger partial charge in [-0.05, 0) is 49.2 Å². The average Bonchev–Trinajstić information content (AvgIpc) is 3.32. The molecule has 9 nitrogen and oxygen atoms in total. The zero-order valence-corrected chi connectivity index (χ0v) is 17.9. The van der Waals surface area contributed by atoms with Gasteiger partial charge in [0.15, 0.2) is 0 Å². The van der Waals surface area contributed by atoms with Gasteiger partial charge in [-0.1, -0.05) is 6.07 Å². The lowest BCUT2D eigenvalue weighted by atomic mass is 10.2. The van der Waals surface area contributed by atoms with Gasteiger partial charge >= 0.3 is 5.97 Å². The average molecular weight is 448 g/mol. The van der Waals surface area contributed by atoms with E-state index in [1.54, 1.807) is 24.3 Å². The van der Waals surface area contributed by atoms with Crippen LogP contribution in [0.25, 0.3) is 0 Å². The number of carbonyl (C=O) groups excluding carboxylic acids is 2. The number of nitrogens with two attached hydrogens (primary N) is 1. The lowest BCUT2D eigenvalue weighted by Crippen LogP contribution is -2.28. The summed E-state index contributed by atoms with van der Waals surface area (Å²) in [5, 5.41) is 0. The second-order valence-corrected chi connectivity index (χ2v) is 8.79. The van der Waals surface area contributed by atoms with Crippen LogP contribution >= 0.6 is 0 Å². The molecule has 2 N–H and O–H groups in total. The van der Waals surface area contributed by atoms with Crippen LogP contribution in [-0.2, 0) is 14.8 Å². The molecule has 10 heteroatoms. The van der Waals surface area contributed by atoms with Gasteiger partial charge in [0.25, 0.3) is 5.91 Å². The van der Waals surface area contributed by atoms with Crippen LogP contribution < -0.4 is 15.2 Å². The molecule has 0 aromatic heterocycles. The van der Waals surface area contributed by atoms with Crippen molar-refractivity contribution in [2.45, 2.75) is 17.7 Å². The predicted octanol–water partition coefficient (Wildman–Crippen LogP) is 1.81. The topological polar surface area (TPSA) is 125 Å². The Hall–Kier alpha value is -3.11. The van der Waals surface area contributed by atoms with E-state index in [4.69, 9.17) is 15.2 Å². The van der Waals surface area contributed by atoms with E-state index in [1.807, 2.05) is 0 Å². The maximum atomic E-state index is 12.7. The molecular weight excluding hydrogens is 424 g/mol. The van der Waals surface area contributed by atoms with E-state index < -0.39 is 21.9 Å². The number of methoxy groups -OCH3 is 1. The second-order valence-electron chi connectivity index (χ2n) is 6.85. The third-order valence-electron chi connectivity index (χ3n) is 4.78. The molecule has 1 fully saturated rings. The molecule has 0 unspecified atom stereocenters. The van der Waals surface area contributed by atoms with Gasteiger partial charge in [-0.15, -0.1) is 0 Å². The highest BCUT2D eigenvalue weighted by Crippen LogP contribution is 2.26. The Morgan fingerprint density at radius 1 is 1.03 bits per heavy atom. The Bertz CT molecular complexity index is 1060. The van der Waals surface area contributed by atoms with Crippen molar-refractivity contribution < 1.29 is 32.2 Å². The van der Waals surface area contributed by atoms with Gasteiger partial charge in [-0.3, -0.25) is 4.79 Å². The van der Waals surface area contributed by atoms with E-state index >= 15 is 0 Å². The molecule has 0 saturated carbocycles. The monoisotopic (exact) mass is 448 g/mol. The standard InChI is InChI=1S/C21H24N2O7S/c1-28-21(25)15-5-4-6-16(13-15)29-11-12-30-19-8-7-17(14-18(19)20(22)24)31(26,27)23-9-2-3-10-23/h4-8,13-14H,2-3,9-12H2,1H3,(H2,22,24). The Balaban J connectivity index is 1.65. The van der Waals surface area contributed by atoms with Crippen molar-refractivity contribution in [3.05, 3.63) is 53.6 Å². The molecule has 2 aromatic rings. The molecule has 0 aliphatic carbocycles. The molecule has 2 aromatic carbocycles. The fourth-order valence-corrected chi connectivity index (χ4v) is 4.75. The van der Waals surface area contributed by atoms with Crippen LogP contribution in [-0.4, -0.2) is 58.0 Å². The van der Waals surface area contributed by atoms with E-state index in [1.165, 1.54) is 29.6 Å². The molecular formula is C21H24N2O7S. The molecule has 1 heterocycles. The van der Waals surface area contributed by atoms with Crippen molar-refractivity contribution in [3.8, 4) is 11.5 Å². The number of rotatable bonds is 9. The molecule has 31 heavy (non-hydrogen) atoms. The van der Waals surface area contributed by atoms with Gasteiger partial charge in [-0.25, -0.2) is 13.2 Å². The smallest absolute Gasteiger partial charge is 0.337 e. The van der Waals surface area contributed by atoms with Crippen LogP contribution in [0.2, 0.25) is 0 Å². The zero-order chi connectivity index (χ0) is 22.4. The van der Waals surface area contributed by atoms with E-state index in [-0.39, 0.29) is 29.4 Å². The number of esters is 1. The Morgan fingerprint density at radius 3 is 2.42 bits per heavy atom. The number of primary amides is 1. The summed E-state index contributed by atoms with van der Waals surface area (Å²) in [6.07, 6.45) is 1.62. The lowest BCUT2D eigenvalue weighted by Gasteiger charge is -2.17.